The SMILES string of the molecule is Oc1ccc(CC(O)c2ccc(C3CC3)cc2)cc1. The summed E-state index contributed by atoms with van der Waals surface area (Å²) in [7, 11) is 0. The molecule has 1 saturated carbocycles. The van der Waals surface area contributed by atoms with Crippen LogP contribution in [0.15, 0.2) is 48.5 Å². The Morgan fingerprint density at radius 3 is 2.16 bits per heavy atom. The molecule has 1 fully saturated rings. The van der Waals surface area contributed by atoms with E-state index >= 15 is 0 Å². The highest BCUT2D eigenvalue weighted by molar-refractivity contribution is 5.31. The Balaban J connectivity index is 1.68. The number of phenols is 1. The predicted molar refractivity (Wildman–Crippen MR) is 75.2 cm³/mol. The van der Waals surface area contributed by atoms with E-state index in [1.54, 1.807) is 12.1 Å². The molecule has 2 heteroatoms. The fraction of sp³-hybridized carbons (Fsp3) is 0.294. The quantitative estimate of drug-likeness (QED) is 0.876. The van der Waals surface area contributed by atoms with Gasteiger partial charge in [0, 0.05) is 6.42 Å². The van der Waals surface area contributed by atoms with E-state index in [-0.39, 0.29) is 5.75 Å². The molecule has 2 aromatic rings. The molecule has 1 aliphatic carbocycles. The van der Waals surface area contributed by atoms with Crippen LogP contribution in [-0.4, -0.2) is 10.2 Å². The number of phenolic OH excluding ortho intramolecular Hbond substituents is 1. The number of aromatic hydroxyl groups is 1. The summed E-state index contributed by atoms with van der Waals surface area (Å²) in [6, 6.07) is 15.3. The van der Waals surface area contributed by atoms with E-state index in [4.69, 9.17) is 0 Å². The zero-order valence-electron chi connectivity index (χ0n) is 10.8. The lowest BCUT2D eigenvalue weighted by molar-refractivity contribution is 0.178. The van der Waals surface area contributed by atoms with Crippen LogP contribution in [0, 0.1) is 0 Å². The zero-order chi connectivity index (χ0) is 13.2. The number of benzene rings is 2. The van der Waals surface area contributed by atoms with Gasteiger partial charge in [-0.05, 0) is 47.6 Å². The van der Waals surface area contributed by atoms with E-state index in [9.17, 15) is 10.2 Å². The van der Waals surface area contributed by atoms with Gasteiger partial charge in [-0.1, -0.05) is 36.4 Å². The van der Waals surface area contributed by atoms with Gasteiger partial charge in [-0.25, -0.2) is 0 Å². The second-order valence-electron chi connectivity index (χ2n) is 5.33. The minimum Gasteiger partial charge on any atom is -0.508 e. The van der Waals surface area contributed by atoms with Crippen molar-refractivity contribution in [2.45, 2.75) is 31.3 Å². The topological polar surface area (TPSA) is 40.5 Å². The maximum Gasteiger partial charge on any atom is 0.115 e. The molecule has 2 nitrogen and oxygen atoms in total. The van der Waals surface area contributed by atoms with Crippen molar-refractivity contribution in [1.29, 1.82) is 0 Å². The first-order valence-electron chi connectivity index (χ1n) is 6.78. The van der Waals surface area contributed by atoms with Crippen LogP contribution >= 0.6 is 0 Å². The molecule has 0 aliphatic heterocycles. The number of aliphatic hydroxyl groups excluding tert-OH is 1. The first-order chi connectivity index (χ1) is 9.22. The van der Waals surface area contributed by atoms with E-state index < -0.39 is 6.10 Å². The van der Waals surface area contributed by atoms with Gasteiger partial charge in [0.2, 0.25) is 0 Å². The van der Waals surface area contributed by atoms with Crippen molar-refractivity contribution in [2.24, 2.45) is 0 Å². The highest BCUT2D eigenvalue weighted by Gasteiger charge is 2.23. The van der Waals surface area contributed by atoms with Crippen molar-refractivity contribution in [3.8, 4) is 5.75 Å². The molecule has 0 amide bonds. The molecule has 0 radical (unpaired) electrons. The molecular formula is C17H18O2. The number of aliphatic hydroxyl groups is 1. The van der Waals surface area contributed by atoms with Gasteiger partial charge in [0.15, 0.2) is 0 Å². The lowest BCUT2D eigenvalue weighted by Gasteiger charge is -2.12. The summed E-state index contributed by atoms with van der Waals surface area (Å²) >= 11 is 0. The third kappa shape index (κ3) is 2.96. The summed E-state index contributed by atoms with van der Waals surface area (Å²) in [6.45, 7) is 0. The Hall–Kier alpha value is -1.80. The van der Waals surface area contributed by atoms with Crippen LogP contribution < -0.4 is 0 Å². The van der Waals surface area contributed by atoms with Gasteiger partial charge in [-0.2, -0.15) is 0 Å². The Morgan fingerprint density at radius 1 is 0.947 bits per heavy atom. The summed E-state index contributed by atoms with van der Waals surface area (Å²) in [5, 5.41) is 19.5. The van der Waals surface area contributed by atoms with Gasteiger partial charge >= 0.3 is 0 Å². The molecule has 0 heterocycles. The first-order valence-corrected chi connectivity index (χ1v) is 6.78. The van der Waals surface area contributed by atoms with Crippen LogP contribution in [0.4, 0.5) is 0 Å². The molecule has 0 saturated heterocycles. The minimum atomic E-state index is -0.488. The second kappa shape index (κ2) is 5.06. The standard InChI is InChI=1S/C17H18O2/c18-16-9-1-12(2-10-16)11-17(19)15-7-5-14(6-8-15)13-3-4-13/h1-2,5-10,13,17-19H,3-4,11H2. The minimum absolute atomic E-state index is 0.257. The molecule has 0 bridgehead atoms. The molecule has 0 aromatic heterocycles. The number of hydrogen-bond acceptors (Lipinski definition) is 2. The summed E-state index contributed by atoms with van der Waals surface area (Å²) in [5.41, 5.74) is 3.37. The van der Waals surface area contributed by atoms with Crippen LogP contribution in [0.2, 0.25) is 0 Å². The highest BCUT2D eigenvalue weighted by atomic mass is 16.3. The summed E-state index contributed by atoms with van der Waals surface area (Å²) in [4.78, 5) is 0. The molecular weight excluding hydrogens is 236 g/mol. The van der Waals surface area contributed by atoms with Crippen LogP contribution in [-0.2, 0) is 6.42 Å². The molecule has 2 N–H and O–H groups in total. The lowest BCUT2D eigenvalue weighted by atomic mass is 9.99. The zero-order valence-corrected chi connectivity index (χ0v) is 10.8. The monoisotopic (exact) mass is 254 g/mol. The Labute approximate surface area is 113 Å². The third-order valence-electron chi connectivity index (χ3n) is 3.74. The fourth-order valence-electron chi connectivity index (χ4n) is 2.38. The van der Waals surface area contributed by atoms with Gasteiger partial charge in [0.1, 0.15) is 5.75 Å². The van der Waals surface area contributed by atoms with Gasteiger partial charge < -0.3 is 10.2 Å². The third-order valence-corrected chi connectivity index (χ3v) is 3.74. The molecule has 2 aromatic carbocycles. The average molecular weight is 254 g/mol. The van der Waals surface area contributed by atoms with E-state index in [0.29, 0.717) is 6.42 Å². The van der Waals surface area contributed by atoms with Crippen molar-refractivity contribution in [2.75, 3.05) is 0 Å². The van der Waals surface area contributed by atoms with Gasteiger partial charge in [0.25, 0.3) is 0 Å². The van der Waals surface area contributed by atoms with Crippen molar-refractivity contribution in [1.82, 2.24) is 0 Å². The molecule has 1 atom stereocenters. The predicted octanol–water partition coefficient (Wildman–Crippen LogP) is 3.55. The molecule has 3 rings (SSSR count). The first kappa shape index (κ1) is 12.2. The lowest BCUT2D eigenvalue weighted by Crippen LogP contribution is -2.01. The van der Waals surface area contributed by atoms with Gasteiger partial charge in [0.05, 0.1) is 6.10 Å². The van der Waals surface area contributed by atoms with E-state index in [0.717, 1.165) is 17.0 Å². The van der Waals surface area contributed by atoms with E-state index in [1.165, 1.54) is 18.4 Å². The molecule has 0 spiro atoms. The Bertz CT molecular complexity index is 538. The largest absolute Gasteiger partial charge is 0.508 e. The van der Waals surface area contributed by atoms with E-state index in [2.05, 4.69) is 12.1 Å². The van der Waals surface area contributed by atoms with Crippen LogP contribution in [0.5, 0.6) is 5.75 Å². The van der Waals surface area contributed by atoms with Crippen LogP contribution in [0.1, 0.15) is 41.6 Å². The van der Waals surface area contributed by atoms with Crippen molar-refractivity contribution in [3.05, 3.63) is 65.2 Å². The van der Waals surface area contributed by atoms with Crippen molar-refractivity contribution in [3.63, 3.8) is 0 Å². The van der Waals surface area contributed by atoms with Gasteiger partial charge in [-0.3, -0.25) is 0 Å². The number of rotatable bonds is 4. The molecule has 1 aliphatic rings. The highest BCUT2D eigenvalue weighted by Crippen LogP contribution is 2.40. The van der Waals surface area contributed by atoms with Crippen molar-refractivity contribution >= 4 is 0 Å². The Morgan fingerprint density at radius 2 is 1.58 bits per heavy atom. The smallest absolute Gasteiger partial charge is 0.115 e. The molecule has 19 heavy (non-hydrogen) atoms. The summed E-state index contributed by atoms with van der Waals surface area (Å²) in [5.74, 6) is 1.01. The normalized spacial score (nSPS) is 16.3. The summed E-state index contributed by atoms with van der Waals surface area (Å²) < 4.78 is 0. The summed E-state index contributed by atoms with van der Waals surface area (Å²) in [6.07, 6.45) is 2.69. The molecule has 1 unspecified atom stereocenters. The fourth-order valence-corrected chi connectivity index (χ4v) is 2.38. The molecule has 98 valence electrons. The Kier molecular flexibility index (Phi) is 3.26. The maximum absolute atomic E-state index is 10.2. The van der Waals surface area contributed by atoms with Crippen molar-refractivity contribution < 1.29 is 10.2 Å². The average Bonchev–Trinajstić information content (AvgIpc) is 3.26. The van der Waals surface area contributed by atoms with E-state index in [1.807, 2.05) is 24.3 Å². The van der Waals surface area contributed by atoms with Gasteiger partial charge in [-0.15, -0.1) is 0 Å². The van der Waals surface area contributed by atoms with Crippen LogP contribution in [0.25, 0.3) is 0 Å². The maximum atomic E-state index is 10.2. The number of hydrogen-bond donors (Lipinski definition) is 2. The second-order valence-corrected chi connectivity index (χ2v) is 5.33. The van der Waals surface area contributed by atoms with Crippen LogP contribution in [0.3, 0.4) is 0 Å².